The van der Waals surface area contributed by atoms with Crippen LogP contribution in [0.5, 0.6) is 5.75 Å². The number of benzene rings is 2. The van der Waals surface area contributed by atoms with Gasteiger partial charge >= 0.3 is 0 Å². The van der Waals surface area contributed by atoms with Crippen LogP contribution in [0, 0.1) is 5.92 Å². The Morgan fingerprint density at radius 2 is 1.70 bits per heavy atom. The second-order valence-corrected chi connectivity index (χ2v) is 8.69. The third-order valence-electron chi connectivity index (χ3n) is 6.09. The fourth-order valence-electron chi connectivity index (χ4n) is 4.29. The van der Waals surface area contributed by atoms with Gasteiger partial charge in [0.15, 0.2) is 0 Å². The fraction of sp³-hybridized carbons (Fsp3) is 0.538. The fourth-order valence-corrected chi connectivity index (χ4v) is 4.29. The van der Waals surface area contributed by atoms with Crippen molar-refractivity contribution in [2.45, 2.75) is 45.1 Å². The van der Waals surface area contributed by atoms with Crippen LogP contribution in [0.1, 0.15) is 50.7 Å². The largest absolute Gasteiger partial charge is 0.494 e. The van der Waals surface area contributed by atoms with Crippen molar-refractivity contribution in [3.63, 3.8) is 0 Å². The van der Waals surface area contributed by atoms with Gasteiger partial charge in [-0.1, -0.05) is 56.3 Å². The van der Waals surface area contributed by atoms with Crippen molar-refractivity contribution < 1.29 is 14.6 Å². The molecule has 1 fully saturated rings. The normalized spacial score (nSPS) is 18.2. The highest BCUT2D eigenvalue weighted by Gasteiger charge is 2.40. The quantitative estimate of drug-likeness (QED) is 0.608. The maximum absolute atomic E-state index is 12.3. The maximum Gasteiger partial charge on any atom is 0.119 e. The smallest absolute Gasteiger partial charge is 0.119 e. The van der Waals surface area contributed by atoms with Gasteiger partial charge in [-0.05, 0) is 48.9 Å². The molecule has 30 heavy (non-hydrogen) atoms. The first-order valence-electron chi connectivity index (χ1n) is 11.3. The van der Waals surface area contributed by atoms with Gasteiger partial charge in [0.05, 0.1) is 25.4 Å². The molecule has 1 N–H and O–H groups in total. The Morgan fingerprint density at radius 3 is 2.30 bits per heavy atom. The summed E-state index contributed by atoms with van der Waals surface area (Å²) in [5, 5.41) is 12.3. The highest BCUT2D eigenvalue weighted by Crippen LogP contribution is 2.42. The lowest BCUT2D eigenvalue weighted by molar-refractivity contribution is -0.0311. The van der Waals surface area contributed by atoms with Crippen LogP contribution in [0.3, 0.4) is 0 Å². The first-order chi connectivity index (χ1) is 14.5. The van der Waals surface area contributed by atoms with E-state index in [0.29, 0.717) is 12.5 Å². The van der Waals surface area contributed by atoms with E-state index >= 15 is 0 Å². The van der Waals surface area contributed by atoms with Gasteiger partial charge in [-0.25, -0.2) is 0 Å². The molecule has 2 aromatic carbocycles. The molecule has 0 unspecified atom stereocenters. The minimum absolute atomic E-state index is 0.0199. The Balaban J connectivity index is 1.98. The van der Waals surface area contributed by atoms with Gasteiger partial charge in [-0.3, -0.25) is 4.90 Å². The van der Waals surface area contributed by atoms with Crippen LogP contribution in [0.25, 0.3) is 0 Å². The molecule has 0 radical (unpaired) electrons. The van der Waals surface area contributed by atoms with Crippen LogP contribution in [-0.2, 0) is 10.3 Å². The Labute approximate surface area is 181 Å². The molecule has 1 saturated heterocycles. The lowest BCUT2D eigenvalue weighted by atomic mass is 9.73. The average molecular weight is 412 g/mol. The Morgan fingerprint density at radius 1 is 1.03 bits per heavy atom. The molecule has 0 aromatic heterocycles. The van der Waals surface area contributed by atoms with E-state index < -0.39 is 5.60 Å². The van der Waals surface area contributed by atoms with E-state index in [0.717, 1.165) is 57.0 Å². The van der Waals surface area contributed by atoms with Gasteiger partial charge in [0.25, 0.3) is 0 Å². The van der Waals surface area contributed by atoms with E-state index in [9.17, 15) is 5.11 Å². The van der Waals surface area contributed by atoms with Crippen molar-refractivity contribution in [1.82, 2.24) is 4.90 Å². The van der Waals surface area contributed by atoms with Crippen LogP contribution in [0.15, 0.2) is 54.6 Å². The summed E-state index contributed by atoms with van der Waals surface area (Å²) in [6, 6.07) is 18.5. The Kier molecular flexibility index (Phi) is 8.32. The zero-order chi connectivity index (χ0) is 21.4. The molecule has 0 aliphatic carbocycles. The monoisotopic (exact) mass is 411 g/mol. The van der Waals surface area contributed by atoms with Crippen molar-refractivity contribution in [2.24, 2.45) is 5.92 Å². The van der Waals surface area contributed by atoms with Crippen LogP contribution in [0.4, 0.5) is 0 Å². The maximum atomic E-state index is 12.3. The van der Waals surface area contributed by atoms with Crippen molar-refractivity contribution in [1.29, 1.82) is 0 Å². The molecular weight excluding hydrogens is 374 g/mol. The van der Waals surface area contributed by atoms with Crippen LogP contribution in [-0.4, -0.2) is 49.5 Å². The lowest BCUT2D eigenvalue weighted by Crippen LogP contribution is -2.45. The standard InChI is InChI=1S/C26H37NO3/c1-4-30-24-12-10-23(11-13-24)26(28,15-14-21(2)3)25(22-8-6-5-7-9-22)20-27-16-18-29-19-17-27/h5-13,21,25,28H,4,14-20H2,1-3H3/t25-,26+/m1/s1. The second kappa shape index (κ2) is 10.9. The van der Waals surface area contributed by atoms with Gasteiger partial charge < -0.3 is 14.6 Å². The topological polar surface area (TPSA) is 41.9 Å². The highest BCUT2D eigenvalue weighted by molar-refractivity contribution is 5.35. The van der Waals surface area contributed by atoms with E-state index in [1.165, 1.54) is 5.56 Å². The third-order valence-corrected chi connectivity index (χ3v) is 6.09. The average Bonchev–Trinajstić information content (AvgIpc) is 2.78. The molecule has 2 aromatic rings. The number of morpholine rings is 1. The molecule has 0 bridgehead atoms. The SMILES string of the molecule is CCOc1ccc([C@@](O)(CCC(C)C)[C@H](CN2CCOCC2)c2ccccc2)cc1. The van der Waals surface area contributed by atoms with E-state index in [2.05, 4.69) is 43.0 Å². The Hall–Kier alpha value is -1.88. The molecule has 1 heterocycles. The van der Waals surface area contributed by atoms with E-state index in [1.807, 2.05) is 37.3 Å². The molecule has 164 valence electrons. The van der Waals surface area contributed by atoms with Gasteiger partial charge in [-0.15, -0.1) is 0 Å². The summed E-state index contributed by atoms with van der Waals surface area (Å²) in [6.07, 6.45) is 1.69. The molecule has 4 nitrogen and oxygen atoms in total. The molecule has 1 aliphatic heterocycles. The van der Waals surface area contributed by atoms with Gasteiger partial charge in [-0.2, -0.15) is 0 Å². The molecule has 0 spiro atoms. The zero-order valence-corrected chi connectivity index (χ0v) is 18.7. The van der Waals surface area contributed by atoms with Crippen LogP contribution < -0.4 is 4.74 Å². The number of hydrogen-bond donors (Lipinski definition) is 1. The van der Waals surface area contributed by atoms with Crippen molar-refractivity contribution in [3.8, 4) is 5.75 Å². The summed E-state index contributed by atoms with van der Waals surface area (Å²) >= 11 is 0. The van der Waals surface area contributed by atoms with Crippen molar-refractivity contribution in [3.05, 3.63) is 65.7 Å². The van der Waals surface area contributed by atoms with Crippen LogP contribution in [0.2, 0.25) is 0 Å². The van der Waals surface area contributed by atoms with E-state index in [-0.39, 0.29) is 5.92 Å². The summed E-state index contributed by atoms with van der Waals surface area (Å²) < 4.78 is 11.2. The van der Waals surface area contributed by atoms with Gasteiger partial charge in [0.2, 0.25) is 0 Å². The summed E-state index contributed by atoms with van der Waals surface area (Å²) in [6.45, 7) is 11.2. The number of ether oxygens (including phenoxy) is 2. The van der Waals surface area contributed by atoms with Crippen LogP contribution >= 0.6 is 0 Å². The summed E-state index contributed by atoms with van der Waals surface area (Å²) in [5.74, 6) is 1.35. The summed E-state index contributed by atoms with van der Waals surface area (Å²) in [4.78, 5) is 2.43. The molecule has 2 atom stereocenters. The molecule has 0 saturated carbocycles. The van der Waals surface area contributed by atoms with E-state index in [1.54, 1.807) is 0 Å². The van der Waals surface area contributed by atoms with Gasteiger partial charge in [0.1, 0.15) is 5.75 Å². The minimum atomic E-state index is -0.950. The molecule has 1 aliphatic rings. The first-order valence-corrected chi connectivity index (χ1v) is 11.3. The number of rotatable bonds is 10. The lowest BCUT2D eigenvalue weighted by Gasteiger charge is -2.41. The molecule has 4 heteroatoms. The van der Waals surface area contributed by atoms with Gasteiger partial charge in [0, 0.05) is 25.6 Å². The molecular formula is C26H37NO3. The van der Waals surface area contributed by atoms with E-state index in [4.69, 9.17) is 9.47 Å². The van der Waals surface area contributed by atoms with Crippen molar-refractivity contribution >= 4 is 0 Å². The number of hydrogen-bond acceptors (Lipinski definition) is 4. The predicted octanol–water partition coefficient (Wildman–Crippen LogP) is 4.83. The third kappa shape index (κ3) is 5.84. The molecule has 3 rings (SSSR count). The zero-order valence-electron chi connectivity index (χ0n) is 18.7. The molecule has 0 amide bonds. The predicted molar refractivity (Wildman–Crippen MR) is 122 cm³/mol. The minimum Gasteiger partial charge on any atom is -0.494 e. The first kappa shape index (κ1) is 22.8. The summed E-state index contributed by atoms with van der Waals surface area (Å²) in [5.41, 5.74) is 1.20. The van der Waals surface area contributed by atoms with Crippen molar-refractivity contribution in [2.75, 3.05) is 39.5 Å². The number of aliphatic hydroxyl groups is 1. The summed E-state index contributed by atoms with van der Waals surface area (Å²) in [7, 11) is 0. The highest BCUT2D eigenvalue weighted by atomic mass is 16.5. The number of nitrogens with zero attached hydrogens (tertiary/aromatic N) is 1. The Bertz CT molecular complexity index is 741. The second-order valence-electron chi connectivity index (χ2n) is 8.69.